The van der Waals surface area contributed by atoms with E-state index in [0.29, 0.717) is 19.8 Å². The molecule has 1 saturated heterocycles. The maximum absolute atomic E-state index is 5.46. The van der Waals surface area contributed by atoms with Crippen LogP contribution in [-0.4, -0.2) is 38.5 Å². The fraction of sp³-hybridized carbons (Fsp3) is 0.833. The third-order valence-electron chi connectivity index (χ3n) is 1.83. The predicted octanol–water partition coefficient (Wildman–Crippen LogP) is 1.82. The van der Waals surface area contributed by atoms with Crippen molar-refractivity contribution < 1.29 is 9.47 Å². The van der Waals surface area contributed by atoms with Gasteiger partial charge in [0.15, 0.2) is 6.29 Å². The highest BCUT2D eigenvalue weighted by molar-refractivity contribution is 6.15. The van der Waals surface area contributed by atoms with Gasteiger partial charge in [0.25, 0.3) is 0 Å². The van der Waals surface area contributed by atoms with E-state index in [4.69, 9.17) is 15.3 Å². The second-order valence-corrected chi connectivity index (χ2v) is 4.74. The Morgan fingerprint density at radius 2 is 1.76 bits per heavy atom. The van der Waals surface area contributed by atoms with Gasteiger partial charge in [-0.05, 0) is 0 Å². The average molecular weight is 243 g/mol. The molecule has 0 aromatic carbocycles. The summed E-state index contributed by atoms with van der Waals surface area (Å²) in [6.45, 7) is 10.4. The van der Waals surface area contributed by atoms with Crippen molar-refractivity contribution in [2.75, 3.05) is 19.8 Å². The van der Waals surface area contributed by atoms with Crippen LogP contribution in [0.5, 0.6) is 0 Å². The number of ether oxygens (including phenoxy) is 2. The Labute approximate surface area is 104 Å². The number of nitrogens with zero attached hydrogens (tertiary/aromatic N) is 2. The molecule has 0 bridgehead atoms. The Balaban J connectivity index is 0.000000770. The molecule has 1 heterocycles. The number of hydrogen-bond donors (Lipinski definition) is 1. The highest BCUT2D eigenvalue weighted by Crippen LogP contribution is 2.22. The maximum atomic E-state index is 5.46. The zero-order valence-corrected chi connectivity index (χ0v) is 11.3. The van der Waals surface area contributed by atoms with Crippen LogP contribution < -0.4 is 5.84 Å². The fourth-order valence-electron chi connectivity index (χ4n) is 1.06. The molecule has 0 saturated carbocycles. The van der Waals surface area contributed by atoms with Gasteiger partial charge in [-0.15, -0.1) is 0 Å². The van der Waals surface area contributed by atoms with E-state index in [0.717, 1.165) is 0 Å². The normalized spacial score (nSPS) is 20.5. The molecular formula is C12H25N3O2. The Bertz CT molecular complexity index is 230. The molecule has 0 atom stereocenters. The molecule has 5 heteroatoms. The van der Waals surface area contributed by atoms with E-state index in [1.54, 1.807) is 0 Å². The molecule has 0 aliphatic carbocycles. The third kappa shape index (κ3) is 8.83. The zero-order valence-electron chi connectivity index (χ0n) is 11.3. The minimum absolute atomic E-state index is 0.110. The molecule has 0 aromatic heterocycles. The van der Waals surface area contributed by atoms with E-state index in [-0.39, 0.29) is 11.7 Å². The number of aliphatic imine (C=N–C) groups is 1. The first-order valence-corrected chi connectivity index (χ1v) is 6.00. The highest BCUT2D eigenvalue weighted by atomic mass is 16.7. The second kappa shape index (κ2) is 9.13. The molecule has 0 spiro atoms. The summed E-state index contributed by atoms with van der Waals surface area (Å²) in [5.41, 5.74) is 0.110. The quantitative estimate of drug-likeness (QED) is 0.467. The van der Waals surface area contributed by atoms with Crippen LogP contribution in [0.1, 0.15) is 34.1 Å². The molecule has 0 unspecified atom stereocenters. The van der Waals surface area contributed by atoms with Crippen LogP contribution in [0.15, 0.2) is 10.1 Å². The minimum atomic E-state index is -0.231. The van der Waals surface area contributed by atoms with Crippen LogP contribution in [-0.2, 0) is 9.47 Å². The highest BCUT2D eigenvalue weighted by Gasteiger charge is 2.27. The molecule has 2 N–H and O–H groups in total. The van der Waals surface area contributed by atoms with Gasteiger partial charge in [0.2, 0.25) is 0 Å². The Kier molecular flexibility index (Phi) is 8.62. The summed E-state index contributed by atoms with van der Waals surface area (Å²) in [5.74, 6) is 4.90. The minimum Gasteiger partial charge on any atom is -0.350 e. The van der Waals surface area contributed by atoms with Crippen LogP contribution in [0, 0.1) is 5.41 Å². The first-order chi connectivity index (χ1) is 8.05. The lowest BCUT2D eigenvalue weighted by molar-refractivity contribution is -0.215. The molecule has 0 radical (unpaired) electrons. The molecule has 17 heavy (non-hydrogen) atoms. The van der Waals surface area contributed by atoms with Gasteiger partial charge >= 0.3 is 0 Å². The molecule has 1 aliphatic rings. The fourth-order valence-corrected chi connectivity index (χ4v) is 1.06. The van der Waals surface area contributed by atoms with Crippen LogP contribution in [0.4, 0.5) is 0 Å². The number of nitrogens with two attached hydrogens (primary N) is 1. The lowest BCUT2D eigenvalue weighted by Crippen LogP contribution is -2.39. The Morgan fingerprint density at radius 1 is 1.24 bits per heavy atom. The summed E-state index contributed by atoms with van der Waals surface area (Å²) >= 11 is 0. The van der Waals surface area contributed by atoms with Gasteiger partial charge in [0.05, 0.1) is 26.0 Å². The largest absolute Gasteiger partial charge is 0.350 e. The van der Waals surface area contributed by atoms with E-state index in [1.165, 1.54) is 18.9 Å². The Morgan fingerprint density at radius 3 is 2.24 bits per heavy atom. The van der Waals surface area contributed by atoms with Gasteiger partial charge in [-0.2, -0.15) is 5.10 Å². The monoisotopic (exact) mass is 243 g/mol. The summed E-state index contributed by atoms with van der Waals surface area (Å²) in [6, 6.07) is 0. The third-order valence-corrected chi connectivity index (χ3v) is 1.83. The first-order valence-electron chi connectivity index (χ1n) is 6.00. The van der Waals surface area contributed by atoms with E-state index >= 15 is 0 Å². The van der Waals surface area contributed by atoms with Crippen molar-refractivity contribution in [3.05, 3.63) is 0 Å². The summed E-state index contributed by atoms with van der Waals surface area (Å²) in [4.78, 5) is 4.03. The number of rotatable bonds is 3. The van der Waals surface area contributed by atoms with Gasteiger partial charge in [-0.3, -0.25) is 4.99 Å². The molecule has 5 nitrogen and oxygen atoms in total. The molecule has 1 aliphatic heterocycles. The van der Waals surface area contributed by atoms with Crippen LogP contribution >= 0.6 is 0 Å². The number of hydrazone groups is 1. The van der Waals surface area contributed by atoms with Crippen molar-refractivity contribution in [3.63, 3.8) is 0 Å². The summed E-state index contributed by atoms with van der Waals surface area (Å²) < 4.78 is 10.9. The molecular weight excluding hydrogens is 218 g/mol. The van der Waals surface area contributed by atoms with Crippen LogP contribution in [0.3, 0.4) is 0 Å². The second-order valence-electron chi connectivity index (χ2n) is 4.74. The van der Waals surface area contributed by atoms with Gasteiger partial charge < -0.3 is 15.3 Å². The van der Waals surface area contributed by atoms with Crippen molar-refractivity contribution >= 4 is 12.4 Å². The van der Waals surface area contributed by atoms with Crippen molar-refractivity contribution in [1.29, 1.82) is 0 Å². The summed E-state index contributed by atoms with van der Waals surface area (Å²) in [6.07, 6.45) is 3.98. The summed E-state index contributed by atoms with van der Waals surface area (Å²) in [5, 5.41) is 3.29. The van der Waals surface area contributed by atoms with Gasteiger partial charge in [-0.1, -0.05) is 34.1 Å². The van der Waals surface area contributed by atoms with E-state index in [9.17, 15) is 0 Å². The number of hydrogen-bond acceptors (Lipinski definition) is 5. The van der Waals surface area contributed by atoms with Crippen molar-refractivity contribution in [3.8, 4) is 0 Å². The van der Waals surface area contributed by atoms with E-state index in [2.05, 4.69) is 37.8 Å². The smallest absolute Gasteiger partial charge is 0.176 e. The SMILES string of the molecule is CC1(C)COC(CN=C/C=N\N)OC1.CCC. The Hall–Kier alpha value is -0.940. The van der Waals surface area contributed by atoms with Gasteiger partial charge in [-0.25, -0.2) is 0 Å². The molecule has 1 rings (SSSR count). The lowest BCUT2D eigenvalue weighted by atomic mass is 9.96. The summed E-state index contributed by atoms with van der Waals surface area (Å²) in [7, 11) is 0. The van der Waals surface area contributed by atoms with E-state index < -0.39 is 0 Å². The van der Waals surface area contributed by atoms with Crippen molar-refractivity contribution in [2.24, 2.45) is 21.4 Å². The van der Waals surface area contributed by atoms with Crippen molar-refractivity contribution in [1.82, 2.24) is 0 Å². The topological polar surface area (TPSA) is 69.2 Å². The molecule has 0 amide bonds. The average Bonchev–Trinajstić information content (AvgIpc) is 2.27. The van der Waals surface area contributed by atoms with Gasteiger partial charge in [0.1, 0.15) is 0 Å². The van der Waals surface area contributed by atoms with E-state index in [1.807, 2.05) is 0 Å². The van der Waals surface area contributed by atoms with Gasteiger partial charge in [0, 0.05) is 11.6 Å². The van der Waals surface area contributed by atoms with Crippen LogP contribution in [0.25, 0.3) is 0 Å². The zero-order chi connectivity index (χ0) is 13.1. The van der Waals surface area contributed by atoms with Crippen LogP contribution in [0.2, 0.25) is 0 Å². The molecule has 100 valence electrons. The first kappa shape index (κ1) is 16.1. The van der Waals surface area contributed by atoms with Crippen molar-refractivity contribution in [2.45, 2.75) is 40.4 Å². The lowest BCUT2D eigenvalue weighted by Gasteiger charge is -2.33. The predicted molar refractivity (Wildman–Crippen MR) is 71.5 cm³/mol. The standard InChI is InChI=1S/C9H17N3O2.C3H8/c1-9(2)6-13-8(14-7-9)5-11-3-4-12-10;1-3-2/h3-4,8H,5-7,10H2,1-2H3;3H2,1-2H3/b11-3?,12-4-;. The molecule has 1 fully saturated rings. The molecule has 0 aromatic rings. The maximum Gasteiger partial charge on any atom is 0.176 e.